The van der Waals surface area contributed by atoms with E-state index >= 15 is 0 Å². The number of oxazole rings is 1. The van der Waals surface area contributed by atoms with E-state index in [-0.39, 0.29) is 0 Å². The molecule has 3 aromatic heterocycles. The minimum absolute atomic E-state index is 0.510. The highest BCUT2D eigenvalue weighted by Gasteiger charge is 2.18. The van der Waals surface area contributed by atoms with Crippen LogP contribution in [0.3, 0.4) is 0 Å². The molecule has 5 heteroatoms. The molecular weight excluding hydrogens is 673 g/mol. The molecule has 0 fully saturated rings. The van der Waals surface area contributed by atoms with Crippen LogP contribution in [0.4, 0.5) is 0 Å². The van der Waals surface area contributed by atoms with E-state index in [1.807, 2.05) is 60.7 Å². The second kappa shape index (κ2) is 13.8. The summed E-state index contributed by atoms with van der Waals surface area (Å²) in [7, 11) is 0. The van der Waals surface area contributed by atoms with Gasteiger partial charge in [0.25, 0.3) is 0 Å². The largest absolute Gasteiger partial charge is 0.435 e. The van der Waals surface area contributed by atoms with Crippen LogP contribution in [-0.4, -0.2) is 19.9 Å². The smallest absolute Gasteiger partial charge is 0.246 e. The van der Waals surface area contributed by atoms with Gasteiger partial charge in [0, 0.05) is 22.9 Å². The van der Waals surface area contributed by atoms with Crippen LogP contribution in [0.15, 0.2) is 199 Å². The summed E-state index contributed by atoms with van der Waals surface area (Å²) >= 11 is 0. The Hall–Kier alpha value is -7.50. The normalized spacial score (nSPS) is 11.3. The molecule has 10 rings (SSSR count). The van der Waals surface area contributed by atoms with Crippen molar-refractivity contribution in [3.05, 3.63) is 194 Å². The van der Waals surface area contributed by atoms with Gasteiger partial charge in [0.2, 0.25) is 5.89 Å². The molecule has 0 unspecified atom stereocenters. The van der Waals surface area contributed by atoms with Gasteiger partial charge in [-0.25, -0.2) is 15.0 Å². The van der Waals surface area contributed by atoms with Crippen molar-refractivity contribution in [3.63, 3.8) is 0 Å². The monoisotopic (exact) mass is 704 g/mol. The minimum atomic E-state index is 0.510. The van der Waals surface area contributed by atoms with Gasteiger partial charge in [0.1, 0.15) is 11.2 Å². The van der Waals surface area contributed by atoms with E-state index in [0.29, 0.717) is 17.4 Å². The molecule has 7 aromatic carbocycles. The maximum atomic E-state index is 6.11. The molecule has 0 aliphatic heterocycles. The van der Waals surface area contributed by atoms with Crippen molar-refractivity contribution < 1.29 is 4.42 Å². The van der Waals surface area contributed by atoms with Gasteiger partial charge >= 0.3 is 0 Å². The van der Waals surface area contributed by atoms with Gasteiger partial charge in [-0.1, -0.05) is 158 Å². The van der Waals surface area contributed by atoms with Crippen LogP contribution in [0.1, 0.15) is 0 Å². The molecular formula is C50H32N4O. The van der Waals surface area contributed by atoms with E-state index in [1.165, 1.54) is 16.3 Å². The highest BCUT2D eigenvalue weighted by atomic mass is 16.3. The first-order valence-corrected chi connectivity index (χ1v) is 18.3. The topological polar surface area (TPSA) is 64.7 Å². The highest BCUT2D eigenvalue weighted by molar-refractivity contribution is 6.07. The third-order valence-corrected chi connectivity index (χ3v) is 10.0. The van der Waals surface area contributed by atoms with Crippen molar-refractivity contribution in [3.8, 4) is 78.9 Å². The Balaban J connectivity index is 1.08. The van der Waals surface area contributed by atoms with Gasteiger partial charge < -0.3 is 4.42 Å². The number of hydrogen-bond acceptors (Lipinski definition) is 5. The minimum Gasteiger partial charge on any atom is -0.435 e. The number of rotatable bonds is 7. The first-order chi connectivity index (χ1) is 27.2. The lowest BCUT2D eigenvalue weighted by molar-refractivity contribution is 0.617. The van der Waals surface area contributed by atoms with E-state index in [4.69, 9.17) is 19.4 Å². The molecule has 0 spiro atoms. The molecule has 10 aromatic rings. The Kier molecular flexibility index (Phi) is 8.08. The standard InChI is InChI=1S/C50H32N4O/c1-3-14-35(15-4-1)44-32-45(53-49(52-44)37-16-5-2-6-17-37)36-24-22-34(23-25-36)41-28-26-33-13-7-8-19-40(33)48(41)42-20-10-9-18-39(42)38-27-29-47-46(31-38)54-50(55-47)43-21-11-12-30-51-43/h1-32H. The van der Waals surface area contributed by atoms with Crippen molar-refractivity contribution in [1.82, 2.24) is 19.9 Å². The second-order valence-corrected chi connectivity index (χ2v) is 13.4. The number of pyridine rings is 1. The van der Waals surface area contributed by atoms with E-state index in [9.17, 15) is 0 Å². The average Bonchev–Trinajstić information content (AvgIpc) is 3.71. The number of nitrogens with zero attached hydrogens (tertiary/aromatic N) is 4. The van der Waals surface area contributed by atoms with Crippen LogP contribution < -0.4 is 0 Å². The van der Waals surface area contributed by atoms with Crippen molar-refractivity contribution in [2.45, 2.75) is 0 Å². The summed E-state index contributed by atoms with van der Waals surface area (Å²) in [5.41, 5.74) is 13.8. The van der Waals surface area contributed by atoms with E-state index in [2.05, 4.69) is 132 Å². The van der Waals surface area contributed by atoms with Gasteiger partial charge in [0.05, 0.1) is 11.4 Å². The van der Waals surface area contributed by atoms with Gasteiger partial charge in [-0.05, 0) is 74.5 Å². The highest BCUT2D eigenvalue weighted by Crippen LogP contribution is 2.43. The maximum Gasteiger partial charge on any atom is 0.246 e. The third kappa shape index (κ3) is 6.14. The Bertz CT molecular complexity index is 2900. The molecule has 0 N–H and O–H groups in total. The van der Waals surface area contributed by atoms with Gasteiger partial charge in [0.15, 0.2) is 11.4 Å². The SMILES string of the molecule is c1ccc(-c2cc(-c3ccc(-c4ccc5ccccc5c4-c4ccccc4-c4ccc5oc(-c6ccccn6)nc5c4)cc3)nc(-c3ccccc3)n2)cc1. The summed E-state index contributed by atoms with van der Waals surface area (Å²) in [6, 6.07) is 64.9. The molecule has 5 nitrogen and oxygen atoms in total. The third-order valence-electron chi connectivity index (χ3n) is 10.0. The summed E-state index contributed by atoms with van der Waals surface area (Å²) < 4.78 is 6.11. The summed E-state index contributed by atoms with van der Waals surface area (Å²) in [5.74, 6) is 1.21. The van der Waals surface area contributed by atoms with Crippen LogP contribution in [0.25, 0.3) is 101 Å². The quantitative estimate of drug-likeness (QED) is 0.165. The summed E-state index contributed by atoms with van der Waals surface area (Å²) in [4.78, 5) is 19.3. The van der Waals surface area contributed by atoms with E-state index < -0.39 is 0 Å². The predicted octanol–water partition coefficient (Wildman–Crippen LogP) is 12.8. The number of fused-ring (bicyclic) bond motifs is 2. The lowest BCUT2D eigenvalue weighted by atomic mass is 9.86. The maximum absolute atomic E-state index is 6.11. The molecule has 258 valence electrons. The molecule has 0 aliphatic rings. The van der Waals surface area contributed by atoms with E-state index in [0.717, 1.165) is 67.0 Å². The fourth-order valence-electron chi connectivity index (χ4n) is 7.34. The number of hydrogen-bond donors (Lipinski definition) is 0. The number of aromatic nitrogens is 4. The lowest BCUT2D eigenvalue weighted by Gasteiger charge is -2.18. The molecule has 0 amide bonds. The van der Waals surface area contributed by atoms with Crippen LogP contribution in [-0.2, 0) is 0 Å². The van der Waals surface area contributed by atoms with Gasteiger partial charge in [-0.2, -0.15) is 0 Å². The fraction of sp³-hybridized carbons (Fsp3) is 0. The first kappa shape index (κ1) is 32.2. The molecule has 0 atom stereocenters. The summed E-state index contributed by atoms with van der Waals surface area (Å²) in [6.07, 6.45) is 1.75. The zero-order chi connectivity index (χ0) is 36.6. The van der Waals surface area contributed by atoms with Crippen LogP contribution in [0.2, 0.25) is 0 Å². The summed E-state index contributed by atoms with van der Waals surface area (Å²) in [5, 5.41) is 2.37. The Morgan fingerprint density at radius 3 is 1.78 bits per heavy atom. The van der Waals surface area contributed by atoms with E-state index in [1.54, 1.807) is 6.20 Å². The Morgan fingerprint density at radius 1 is 0.382 bits per heavy atom. The van der Waals surface area contributed by atoms with Crippen molar-refractivity contribution >= 4 is 21.9 Å². The molecule has 3 heterocycles. The Labute approximate surface area is 318 Å². The van der Waals surface area contributed by atoms with Gasteiger partial charge in [-0.3, -0.25) is 4.98 Å². The predicted molar refractivity (Wildman–Crippen MR) is 223 cm³/mol. The van der Waals surface area contributed by atoms with Crippen molar-refractivity contribution in [2.75, 3.05) is 0 Å². The Morgan fingerprint density at radius 2 is 1.02 bits per heavy atom. The zero-order valence-electron chi connectivity index (χ0n) is 29.7. The number of benzene rings is 7. The van der Waals surface area contributed by atoms with Crippen molar-refractivity contribution in [2.24, 2.45) is 0 Å². The van der Waals surface area contributed by atoms with Crippen LogP contribution in [0.5, 0.6) is 0 Å². The molecule has 0 radical (unpaired) electrons. The first-order valence-electron chi connectivity index (χ1n) is 18.3. The lowest BCUT2D eigenvalue weighted by Crippen LogP contribution is -1.96. The zero-order valence-corrected chi connectivity index (χ0v) is 29.7. The van der Waals surface area contributed by atoms with Crippen LogP contribution >= 0.6 is 0 Å². The van der Waals surface area contributed by atoms with Crippen molar-refractivity contribution in [1.29, 1.82) is 0 Å². The molecule has 0 bridgehead atoms. The second-order valence-electron chi connectivity index (χ2n) is 13.4. The molecule has 0 saturated heterocycles. The van der Waals surface area contributed by atoms with Crippen LogP contribution in [0, 0.1) is 0 Å². The molecule has 55 heavy (non-hydrogen) atoms. The average molecular weight is 705 g/mol. The van der Waals surface area contributed by atoms with Gasteiger partial charge in [-0.15, -0.1) is 0 Å². The fourth-order valence-corrected chi connectivity index (χ4v) is 7.34. The molecule has 0 saturated carbocycles. The molecule has 0 aliphatic carbocycles. The summed E-state index contributed by atoms with van der Waals surface area (Å²) in [6.45, 7) is 0.